The monoisotopic (exact) mass is 261 g/mol. The van der Waals surface area contributed by atoms with Gasteiger partial charge in [-0.05, 0) is 31.4 Å². The summed E-state index contributed by atoms with van der Waals surface area (Å²) in [4.78, 5) is 16.0. The number of amides is 1. The van der Waals surface area contributed by atoms with Crippen molar-refractivity contribution in [3.05, 3.63) is 36.4 Å². The maximum atomic E-state index is 12.0. The van der Waals surface area contributed by atoms with Crippen LogP contribution in [-0.2, 0) is 0 Å². The van der Waals surface area contributed by atoms with E-state index in [1.807, 2.05) is 23.6 Å². The number of pyridine rings is 1. The highest BCUT2D eigenvalue weighted by Gasteiger charge is 2.10. The third kappa shape index (κ3) is 3.54. The lowest BCUT2D eigenvalue weighted by Gasteiger charge is -2.14. The van der Waals surface area contributed by atoms with Gasteiger partial charge in [0.25, 0.3) is 5.91 Å². The van der Waals surface area contributed by atoms with Gasteiger partial charge in [-0.2, -0.15) is 0 Å². The van der Waals surface area contributed by atoms with E-state index in [2.05, 4.69) is 10.3 Å². The molecule has 2 aromatic heterocycles. The maximum absolute atomic E-state index is 12.0. The number of carbonyl (C=O) groups is 1. The first-order valence-corrected chi connectivity index (χ1v) is 6.44. The van der Waals surface area contributed by atoms with Crippen LogP contribution in [0.25, 0.3) is 5.52 Å². The van der Waals surface area contributed by atoms with E-state index < -0.39 is 0 Å². The largest absolute Gasteiger partial charge is 0.393 e. The molecular formula is C14H19N3O2. The van der Waals surface area contributed by atoms with Gasteiger partial charge in [-0.25, -0.2) is 4.98 Å². The predicted octanol–water partition coefficient (Wildman–Crippen LogP) is 1.47. The van der Waals surface area contributed by atoms with Crippen molar-refractivity contribution in [1.29, 1.82) is 0 Å². The summed E-state index contributed by atoms with van der Waals surface area (Å²) in [6.45, 7) is 4.33. The number of hydrogen-bond acceptors (Lipinski definition) is 3. The van der Waals surface area contributed by atoms with Crippen molar-refractivity contribution in [3.63, 3.8) is 0 Å². The molecule has 0 radical (unpaired) electrons. The minimum absolute atomic E-state index is 0.0962. The molecule has 0 aliphatic heterocycles. The molecule has 19 heavy (non-hydrogen) atoms. The molecule has 2 atom stereocenters. The summed E-state index contributed by atoms with van der Waals surface area (Å²) in [5, 5.41) is 12.2. The summed E-state index contributed by atoms with van der Waals surface area (Å²) < 4.78 is 1.85. The minimum atomic E-state index is -0.338. The van der Waals surface area contributed by atoms with Crippen molar-refractivity contribution in [1.82, 2.24) is 14.7 Å². The van der Waals surface area contributed by atoms with E-state index >= 15 is 0 Å². The second-order valence-corrected chi connectivity index (χ2v) is 5.04. The molecule has 2 heterocycles. The summed E-state index contributed by atoms with van der Waals surface area (Å²) >= 11 is 0. The summed E-state index contributed by atoms with van der Waals surface area (Å²) in [7, 11) is 0. The van der Waals surface area contributed by atoms with Crippen LogP contribution in [-0.4, -0.2) is 33.0 Å². The van der Waals surface area contributed by atoms with Crippen LogP contribution >= 0.6 is 0 Å². The van der Waals surface area contributed by atoms with Gasteiger partial charge in [0.15, 0.2) is 0 Å². The second kappa shape index (κ2) is 5.84. The number of nitrogens with zero attached hydrogens (tertiary/aromatic N) is 2. The van der Waals surface area contributed by atoms with Crippen molar-refractivity contribution >= 4 is 11.4 Å². The molecule has 0 saturated carbocycles. The van der Waals surface area contributed by atoms with Crippen molar-refractivity contribution < 1.29 is 9.90 Å². The average molecular weight is 261 g/mol. The van der Waals surface area contributed by atoms with Crippen molar-refractivity contribution in [3.8, 4) is 0 Å². The van der Waals surface area contributed by atoms with Crippen LogP contribution < -0.4 is 5.32 Å². The van der Waals surface area contributed by atoms with E-state index in [-0.39, 0.29) is 17.9 Å². The molecule has 102 valence electrons. The fraction of sp³-hybridized carbons (Fsp3) is 0.429. The van der Waals surface area contributed by atoms with Crippen LogP contribution in [0.2, 0.25) is 0 Å². The fourth-order valence-electron chi connectivity index (χ4n) is 2.10. The quantitative estimate of drug-likeness (QED) is 0.856. The highest BCUT2D eigenvalue weighted by Crippen LogP contribution is 2.08. The first kappa shape index (κ1) is 13.5. The predicted molar refractivity (Wildman–Crippen MR) is 73.0 cm³/mol. The molecule has 5 heteroatoms. The number of aliphatic hydroxyl groups excluding tert-OH is 1. The number of nitrogens with one attached hydrogen (secondary N) is 1. The van der Waals surface area contributed by atoms with E-state index in [9.17, 15) is 9.90 Å². The number of carbonyl (C=O) groups excluding carboxylic acids is 1. The Balaban J connectivity index is 1.95. The van der Waals surface area contributed by atoms with Gasteiger partial charge in [-0.15, -0.1) is 0 Å². The summed E-state index contributed by atoms with van der Waals surface area (Å²) in [5.74, 6) is 0.156. The number of imidazole rings is 1. The zero-order valence-electron chi connectivity index (χ0n) is 11.2. The molecule has 2 aromatic rings. The fourth-order valence-corrected chi connectivity index (χ4v) is 2.10. The molecule has 0 aromatic carbocycles. The van der Waals surface area contributed by atoms with Crippen LogP contribution in [0.5, 0.6) is 0 Å². The molecule has 2 rings (SSSR count). The lowest BCUT2D eigenvalue weighted by molar-refractivity contribution is 0.0939. The molecule has 0 bridgehead atoms. The molecule has 0 fully saturated rings. The van der Waals surface area contributed by atoms with E-state index in [0.29, 0.717) is 18.5 Å². The van der Waals surface area contributed by atoms with E-state index in [1.54, 1.807) is 25.5 Å². The Kier molecular flexibility index (Phi) is 4.16. The molecular weight excluding hydrogens is 242 g/mol. The zero-order chi connectivity index (χ0) is 13.8. The number of aromatic nitrogens is 2. The van der Waals surface area contributed by atoms with Crippen LogP contribution in [0.3, 0.4) is 0 Å². The summed E-state index contributed by atoms with van der Waals surface area (Å²) in [5.41, 5.74) is 1.52. The van der Waals surface area contributed by atoms with Gasteiger partial charge in [-0.1, -0.05) is 6.92 Å². The molecule has 0 aliphatic carbocycles. The standard InChI is InChI=1S/C14H19N3O2/c1-10(5-11(2)18)7-16-14(19)12-3-4-17-9-15-8-13(17)6-12/h3-4,6,8-11,18H,5,7H2,1-2H3,(H,16,19). The van der Waals surface area contributed by atoms with E-state index in [0.717, 1.165) is 5.52 Å². The molecule has 1 amide bonds. The average Bonchev–Trinajstić information content (AvgIpc) is 2.82. The third-order valence-electron chi connectivity index (χ3n) is 3.03. The number of aliphatic hydroxyl groups is 1. The molecule has 0 spiro atoms. The minimum Gasteiger partial charge on any atom is -0.393 e. The highest BCUT2D eigenvalue weighted by molar-refractivity contribution is 5.95. The van der Waals surface area contributed by atoms with E-state index in [1.165, 1.54) is 0 Å². The van der Waals surface area contributed by atoms with Gasteiger partial charge in [0, 0.05) is 18.3 Å². The SMILES string of the molecule is CC(O)CC(C)CNC(=O)c1ccn2cncc2c1. The second-order valence-electron chi connectivity index (χ2n) is 5.04. The molecule has 0 aliphatic rings. The smallest absolute Gasteiger partial charge is 0.251 e. The Labute approximate surface area is 112 Å². The highest BCUT2D eigenvalue weighted by atomic mass is 16.3. The number of rotatable bonds is 5. The third-order valence-corrected chi connectivity index (χ3v) is 3.03. The molecule has 5 nitrogen and oxygen atoms in total. The Morgan fingerprint density at radius 2 is 2.32 bits per heavy atom. The molecule has 2 unspecified atom stereocenters. The van der Waals surface area contributed by atoms with E-state index in [4.69, 9.17) is 0 Å². The number of hydrogen-bond donors (Lipinski definition) is 2. The Morgan fingerprint density at radius 3 is 3.05 bits per heavy atom. The molecule has 2 N–H and O–H groups in total. The van der Waals surface area contributed by atoms with Crippen molar-refractivity contribution in [2.24, 2.45) is 5.92 Å². The maximum Gasteiger partial charge on any atom is 0.251 e. The normalized spacial score (nSPS) is 14.3. The lowest BCUT2D eigenvalue weighted by atomic mass is 10.0. The van der Waals surface area contributed by atoms with Crippen LogP contribution in [0.1, 0.15) is 30.6 Å². The van der Waals surface area contributed by atoms with Gasteiger partial charge < -0.3 is 14.8 Å². The molecule has 0 saturated heterocycles. The number of fused-ring (bicyclic) bond motifs is 1. The van der Waals surface area contributed by atoms with Gasteiger partial charge in [0.05, 0.1) is 24.1 Å². The first-order chi connectivity index (χ1) is 9.06. The van der Waals surface area contributed by atoms with Gasteiger partial charge in [-0.3, -0.25) is 4.79 Å². The Morgan fingerprint density at radius 1 is 1.53 bits per heavy atom. The van der Waals surface area contributed by atoms with Gasteiger partial charge in [0.2, 0.25) is 0 Å². The summed E-state index contributed by atoms with van der Waals surface area (Å²) in [6.07, 6.45) is 5.57. The topological polar surface area (TPSA) is 66.6 Å². The summed E-state index contributed by atoms with van der Waals surface area (Å²) in [6, 6.07) is 3.57. The Bertz CT molecular complexity index is 563. The van der Waals surface area contributed by atoms with Crippen molar-refractivity contribution in [2.75, 3.05) is 6.54 Å². The Hall–Kier alpha value is -1.88. The first-order valence-electron chi connectivity index (χ1n) is 6.44. The van der Waals surface area contributed by atoms with Crippen LogP contribution in [0.4, 0.5) is 0 Å². The lowest BCUT2D eigenvalue weighted by Crippen LogP contribution is -2.29. The van der Waals surface area contributed by atoms with Crippen LogP contribution in [0, 0.1) is 5.92 Å². The van der Waals surface area contributed by atoms with Crippen LogP contribution in [0.15, 0.2) is 30.9 Å². The zero-order valence-corrected chi connectivity index (χ0v) is 11.2. The van der Waals surface area contributed by atoms with Gasteiger partial charge in [0.1, 0.15) is 0 Å². The van der Waals surface area contributed by atoms with Crippen molar-refractivity contribution in [2.45, 2.75) is 26.4 Å². The van der Waals surface area contributed by atoms with Gasteiger partial charge >= 0.3 is 0 Å².